The lowest BCUT2D eigenvalue weighted by Gasteiger charge is -2.14. The number of rotatable bonds is 5. The molecule has 0 aromatic heterocycles. The smallest absolute Gasteiger partial charge is 0.279 e. The zero-order valence-corrected chi connectivity index (χ0v) is 13.1. The van der Waals surface area contributed by atoms with E-state index in [9.17, 15) is 33.2 Å². The predicted molar refractivity (Wildman–Crippen MR) is 81.7 cm³/mol. The van der Waals surface area contributed by atoms with Gasteiger partial charge in [0.1, 0.15) is 15.7 Å². The van der Waals surface area contributed by atoms with Crippen molar-refractivity contribution in [3.05, 3.63) is 73.3 Å². The maximum absolute atomic E-state index is 11.4. The molecule has 0 aliphatic carbocycles. The van der Waals surface area contributed by atoms with Crippen LogP contribution in [-0.4, -0.2) is 22.8 Å². The standard InChI is InChI=1S/C14H12N2O7S/c1-9-5-6-14(24(21,22)23)10(7-9)8-11-12(15(17)18)3-2-4-13(11)16(19)20/h2-7H,8H2,1H3,(H,21,22,23)/p-1. The number of benzene rings is 2. The first kappa shape index (κ1) is 17.5. The number of hydrogen-bond acceptors (Lipinski definition) is 7. The van der Waals surface area contributed by atoms with Gasteiger partial charge in [0.15, 0.2) is 0 Å². The number of aryl methyl sites for hydroxylation is 1. The normalized spacial score (nSPS) is 11.2. The SMILES string of the molecule is Cc1ccc(S(=O)(=O)[O-])c(Cc2c([N+](=O)[O-])cccc2[N+](=O)[O-])c1. The lowest BCUT2D eigenvalue weighted by Crippen LogP contribution is -2.07. The van der Waals surface area contributed by atoms with Crippen LogP contribution in [0.1, 0.15) is 16.7 Å². The topological polar surface area (TPSA) is 143 Å². The molecule has 2 aromatic rings. The van der Waals surface area contributed by atoms with Crippen molar-refractivity contribution < 1.29 is 22.8 Å². The van der Waals surface area contributed by atoms with Crippen molar-refractivity contribution in [2.75, 3.05) is 0 Å². The zero-order valence-electron chi connectivity index (χ0n) is 12.3. The van der Waals surface area contributed by atoms with E-state index in [0.29, 0.717) is 5.56 Å². The van der Waals surface area contributed by atoms with Crippen molar-refractivity contribution in [2.24, 2.45) is 0 Å². The largest absolute Gasteiger partial charge is 0.744 e. The van der Waals surface area contributed by atoms with Gasteiger partial charge >= 0.3 is 0 Å². The van der Waals surface area contributed by atoms with E-state index in [1.807, 2.05) is 0 Å². The minimum absolute atomic E-state index is 0.0256. The number of nitro benzene ring substituents is 2. The molecule has 2 rings (SSSR count). The number of nitro groups is 2. The molecule has 0 aliphatic rings. The maximum Gasteiger partial charge on any atom is 0.279 e. The third kappa shape index (κ3) is 3.55. The Labute approximate surface area is 136 Å². The van der Waals surface area contributed by atoms with Crippen LogP contribution in [0.5, 0.6) is 0 Å². The van der Waals surface area contributed by atoms with Crippen LogP contribution in [-0.2, 0) is 16.5 Å². The van der Waals surface area contributed by atoms with Crippen molar-refractivity contribution in [1.82, 2.24) is 0 Å². The van der Waals surface area contributed by atoms with Gasteiger partial charge in [0.05, 0.1) is 14.7 Å². The summed E-state index contributed by atoms with van der Waals surface area (Å²) in [6.45, 7) is 1.64. The first-order valence-corrected chi connectivity index (χ1v) is 7.98. The molecule has 0 aliphatic heterocycles. The second-order valence-electron chi connectivity index (χ2n) is 5.03. The minimum Gasteiger partial charge on any atom is -0.744 e. The molecule has 0 heterocycles. The van der Waals surface area contributed by atoms with Gasteiger partial charge in [-0.05, 0) is 24.6 Å². The van der Waals surface area contributed by atoms with Gasteiger partial charge in [0.2, 0.25) is 0 Å². The Hall–Kier alpha value is -2.85. The van der Waals surface area contributed by atoms with Crippen LogP contribution in [0.25, 0.3) is 0 Å². The lowest BCUT2D eigenvalue weighted by atomic mass is 10.00. The fourth-order valence-corrected chi connectivity index (χ4v) is 3.05. The average Bonchev–Trinajstić information content (AvgIpc) is 2.45. The molecule has 0 saturated heterocycles. The molecule has 9 nitrogen and oxygen atoms in total. The first-order chi connectivity index (χ1) is 11.1. The highest BCUT2D eigenvalue weighted by molar-refractivity contribution is 7.85. The Morgan fingerprint density at radius 1 is 1.00 bits per heavy atom. The van der Waals surface area contributed by atoms with E-state index in [2.05, 4.69) is 0 Å². The Balaban J connectivity index is 2.71. The van der Waals surface area contributed by atoms with E-state index >= 15 is 0 Å². The van der Waals surface area contributed by atoms with Gasteiger partial charge in [-0.15, -0.1) is 0 Å². The monoisotopic (exact) mass is 351 g/mol. The maximum atomic E-state index is 11.4. The van der Waals surface area contributed by atoms with Gasteiger partial charge in [-0.3, -0.25) is 20.2 Å². The summed E-state index contributed by atoms with van der Waals surface area (Å²) in [5, 5.41) is 22.3. The first-order valence-electron chi connectivity index (χ1n) is 6.57. The highest BCUT2D eigenvalue weighted by Gasteiger charge is 2.26. The van der Waals surface area contributed by atoms with Crippen molar-refractivity contribution in [3.8, 4) is 0 Å². The minimum atomic E-state index is -4.83. The Morgan fingerprint density at radius 2 is 1.54 bits per heavy atom. The lowest BCUT2D eigenvalue weighted by molar-refractivity contribution is -0.395. The molecule has 126 valence electrons. The summed E-state index contributed by atoms with van der Waals surface area (Å²) < 4.78 is 34.1. The summed E-state index contributed by atoms with van der Waals surface area (Å²) in [5.74, 6) is 0. The van der Waals surface area contributed by atoms with E-state index in [-0.39, 0.29) is 11.1 Å². The second kappa shape index (κ2) is 6.34. The summed E-state index contributed by atoms with van der Waals surface area (Å²) in [4.78, 5) is 20.1. The molecule has 0 atom stereocenters. The summed E-state index contributed by atoms with van der Waals surface area (Å²) in [6.07, 6.45) is -0.425. The molecule has 0 fully saturated rings. The molecule has 0 unspecified atom stereocenters. The predicted octanol–water partition coefficient (Wildman–Crippen LogP) is 2.31. The Morgan fingerprint density at radius 3 is 2.00 bits per heavy atom. The van der Waals surface area contributed by atoms with Crippen LogP contribution in [0.2, 0.25) is 0 Å². The highest BCUT2D eigenvalue weighted by atomic mass is 32.2. The van der Waals surface area contributed by atoms with E-state index in [1.54, 1.807) is 6.92 Å². The molecule has 0 spiro atoms. The molecule has 0 amide bonds. The Kier molecular flexibility index (Phi) is 4.62. The summed E-state index contributed by atoms with van der Waals surface area (Å²) in [6, 6.07) is 7.20. The molecule has 0 N–H and O–H groups in total. The van der Waals surface area contributed by atoms with E-state index < -0.39 is 42.7 Å². The molecule has 0 radical (unpaired) electrons. The van der Waals surface area contributed by atoms with E-state index in [1.165, 1.54) is 18.2 Å². The third-order valence-corrected chi connectivity index (χ3v) is 4.31. The molecular formula is C14H11N2O7S-. The van der Waals surface area contributed by atoms with Gasteiger partial charge in [0.25, 0.3) is 11.4 Å². The summed E-state index contributed by atoms with van der Waals surface area (Å²) in [5.41, 5.74) is -0.705. The van der Waals surface area contributed by atoms with Crippen molar-refractivity contribution in [1.29, 1.82) is 0 Å². The zero-order chi connectivity index (χ0) is 18.1. The van der Waals surface area contributed by atoms with Crippen LogP contribution < -0.4 is 0 Å². The van der Waals surface area contributed by atoms with Gasteiger partial charge in [-0.25, -0.2) is 8.42 Å². The molecule has 10 heteroatoms. The van der Waals surface area contributed by atoms with Crippen LogP contribution in [0.4, 0.5) is 11.4 Å². The van der Waals surface area contributed by atoms with E-state index in [4.69, 9.17) is 0 Å². The van der Waals surface area contributed by atoms with E-state index in [0.717, 1.165) is 18.2 Å². The fourth-order valence-electron chi connectivity index (χ4n) is 2.37. The molecule has 0 saturated carbocycles. The second-order valence-corrected chi connectivity index (χ2v) is 6.38. The van der Waals surface area contributed by atoms with Gasteiger partial charge < -0.3 is 4.55 Å². The van der Waals surface area contributed by atoms with Gasteiger partial charge in [-0.2, -0.15) is 0 Å². The Bertz CT molecular complexity index is 906. The van der Waals surface area contributed by atoms with Crippen molar-refractivity contribution >= 4 is 21.5 Å². The molecular weight excluding hydrogens is 340 g/mol. The van der Waals surface area contributed by atoms with Crippen molar-refractivity contribution in [2.45, 2.75) is 18.2 Å². The summed E-state index contributed by atoms with van der Waals surface area (Å²) >= 11 is 0. The fraction of sp³-hybridized carbons (Fsp3) is 0.143. The molecule has 0 bridgehead atoms. The quantitative estimate of drug-likeness (QED) is 0.456. The third-order valence-electron chi connectivity index (χ3n) is 3.37. The van der Waals surface area contributed by atoms with Crippen LogP contribution in [0.15, 0.2) is 41.3 Å². The van der Waals surface area contributed by atoms with Crippen LogP contribution in [0.3, 0.4) is 0 Å². The highest BCUT2D eigenvalue weighted by Crippen LogP contribution is 2.32. The van der Waals surface area contributed by atoms with Crippen LogP contribution in [0, 0.1) is 27.2 Å². The van der Waals surface area contributed by atoms with Gasteiger partial charge in [0, 0.05) is 18.6 Å². The van der Waals surface area contributed by atoms with Gasteiger partial charge in [-0.1, -0.05) is 17.7 Å². The summed E-state index contributed by atoms with van der Waals surface area (Å²) in [7, 11) is -4.83. The molecule has 2 aromatic carbocycles. The molecule has 24 heavy (non-hydrogen) atoms. The van der Waals surface area contributed by atoms with Crippen molar-refractivity contribution in [3.63, 3.8) is 0 Å². The number of hydrogen-bond donors (Lipinski definition) is 0. The van der Waals surface area contributed by atoms with Crippen LogP contribution >= 0.6 is 0 Å². The number of nitrogens with zero attached hydrogens (tertiary/aromatic N) is 2. The average molecular weight is 351 g/mol.